The summed E-state index contributed by atoms with van der Waals surface area (Å²) in [7, 11) is 1.89. The number of carbonyl (C=O) groups is 1. The number of carbonyl (C=O) groups excluding carboxylic acids is 1. The van der Waals surface area contributed by atoms with Gasteiger partial charge in [-0.3, -0.25) is 4.79 Å². The number of amides is 1. The average molecular weight is 331 g/mol. The van der Waals surface area contributed by atoms with Crippen molar-refractivity contribution in [3.05, 3.63) is 20.3 Å². The molecule has 1 saturated heterocycles. The molecule has 0 atom stereocenters. The Hall–Kier alpha value is -0.390. The smallest absolute Gasteiger partial charge is 0.263 e. The SMILES string of the molecule is Cc1cc(C(=O)N(C)CCN2CCCC2)sc1Br. The number of aryl methyl sites for hydroxylation is 1. The lowest BCUT2D eigenvalue weighted by Gasteiger charge is -2.21. The van der Waals surface area contributed by atoms with E-state index in [0.717, 1.165) is 27.3 Å². The van der Waals surface area contributed by atoms with Gasteiger partial charge in [-0.1, -0.05) is 0 Å². The minimum absolute atomic E-state index is 0.132. The van der Waals surface area contributed by atoms with Crippen molar-refractivity contribution >= 4 is 33.2 Å². The second kappa shape index (κ2) is 6.17. The van der Waals surface area contributed by atoms with Gasteiger partial charge in [0.1, 0.15) is 0 Å². The normalized spacial score (nSPS) is 16.2. The van der Waals surface area contributed by atoms with Gasteiger partial charge in [-0.05, 0) is 60.4 Å². The highest BCUT2D eigenvalue weighted by Gasteiger charge is 2.17. The predicted octanol–water partition coefficient (Wildman–Crippen LogP) is 2.99. The third-order valence-corrected chi connectivity index (χ3v) is 5.49. The molecule has 0 aliphatic carbocycles. The van der Waals surface area contributed by atoms with Crippen molar-refractivity contribution in [1.82, 2.24) is 9.80 Å². The zero-order valence-corrected chi connectivity index (χ0v) is 13.3. The van der Waals surface area contributed by atoms with E-state index in [9.17, 15) is 4.79 Å². The van der Waals surface area contributed by atoms with Crippen LogP contribution in [0, 0.1) is 6.92 Å². The first-order valence-electron chi connectivity index (χ1n) is 6.31. The van der Waals surface area contributed by atoms with Gasteiger partial charge in [0, 0.05) is 20.1 Å². The van der Waals surface area contributed by atoms with E-state index in [1.807, 2.05) is 24.9 Å². The molecule has 1 fully saturated rings. The molecule has 1 amide bonds. The number of nitrogens with zero attached hydrogens (tertiary/aromatic N) is 2. The van der Waals surface area contributed by atoms with Crippen LogP contribution in [0.25, 0.3) is 0 Å². The Kier molecular flexibility index (Phi) is 4.81. The van der Waals surface area contributed by atoms with Crippen LogP contribution in [0.5, 0.6) is 0 Å². The topological polar surface area (TPSA) is 23.6 Å². The molecule has 0 unspecified atom stereocenters. The summed E-state index contributed by atoms with van der Waals surface area (Å²) in [6, 6.07) is 1.96. The largest absolute Gasteiger partial charge is 0.340 e. The van der Waals surface area contributed by atoms with Gasteiger partial charge in [0.05, 0.1) is 8.66 Å². The molecule has 0 saturated carbocycles. The van der Waals surface area contributed by atoms with Crippen LogP contribution in [-0.2, 0) is 0 Å². The average Bonchev–Trinajstić information content (AvgIpc) is 2.96. The summed E-state index contributed by atoms with van der Waals surface area (Å²) in [6.07, 6.45) is 2.60. The number of likely N-dealkylation sites (N-methyl/N-ethyl adjacent to an activating group) is 1. The van der Waals surface area contributed by atoms with Crippen molar-refractivity contribution in [2.75, 3.05) is 33.2 Å². The summed E-state index contributed by atoms with van der Waals surface area (Å²) >= 11 is 4.99. The van der Waals surface area contributed by atoms with Gasteiger partial charge in [0.15, 0.2) is 0 Å². The molecule has 0 aromatic carbocycles. The number of thiophene rings is 1. The first-order chi connectivity index (χ1) is 8.58. The summed E-state index contributed by atoms with van der Waals surface area (Å²) in [6.45, 7) is 6.19. The van der Waals surface area contributed by atoms with Crippen LogP contribution in [-0.4, -0.2) is 48.9 Å². The molecule has 1 aliphatic heterocycles. The van der Waals surface area contributed by atoms with Crippen molar-refractivity contribution in [3.8, 4) is 0 Å². The molecular formula is C13H19BrN2OS. The van der Waals surface area contributed by atoms with Gasteiger partial charge in [-0.2, -0.15) is 0 Å². The quantitative estimate of drug-likeness (QED) is 0.847. The molecule has 0 N–H and O–H groups in total. The van der Waals surface area contributed by atoms with Crippen LogP contribution in [0.2, 0.25) is 0 Å². The highest BCUT2D eigenvalue weighted by molar-refractivity contribution is 9.11. The van der Waals surface area contributed by atoms with E-state index in [1.165, 1.54) is 37.3 Å². The van der Waals surface area contributed by atoms with Crippen molar-refractivity contribution in [3.63, 3.8) is 0 Å². The monoisotopic (exact) mass is 330 g/mol. The second-order valence-electron chi connectivity index (χ2n) is 4.84. The fourth-order valence-electron chi connectivity index (χ4n) is 2.15. The Balaban J connectivity index is 1.87. The van der Waals surface area contributed by atoms with Crippen LogP contribution in [0.1, 0.15) is 28.1 Å². The molecule has 2 rings (SSSR count). The minimum atomic E-state index is 0.132. The molecule has 2 heterocycles. The van der Waals surface area contributed by atoms with E-state index < -0.39 is 0 Å². The molecule has 5 heteroatoms. The van der Waals surface area contributed by atoms with Gasteiger partial charge in [-0.25, -0.2) is 0 Å². The number of likely N-dealkylation sites (tertiary alicyclic amines) is 1. The number of halogens is 1. The zero-order chi connectivity index (χ0) is 13.1. The molecule has 0 spiro atoms. The van der Waals surface area contributed by atoms with Crippen molar-refractivity contribution in [1.29, 1.82) is 0 Å². The van der Waals surface area contributed by atoms with E-state index in [4.69, 9.17) is 0 Å². The third kappa shape index (κ3) is 3.33. The first-order valence-corrected chi connectivity index (χ1v) is 7.92. The van der Waals surface area contributed by atoms with Crippen LogP contribution < -0.4 is 0 Å². The van der Waals surface area contributed by atoms with Crippen LogP contribution in [0.4, 0.5) is 0 Å². The lowest BCUT2D eigenvalue weighted by Crippen LogP contribution is -2.34. The molecule has 1 aromatic rings. The number of hydrogen-bond acceptors (Lipinski definition) is 3. The number of rotatable bonds is 4. The molecule has 1 aliphatic rings. The fraction of sp³-hybridized carbons (Fsp3) is 0.615. The summed E-state index contributed by atoms with van der Waals surface area (Å²) in [5, 5.41) is 0. The Morgan fingerprint density at radius 2 is 2.17 bits per heavy atom. The van der Waals surface area contributed by atoms with E-state index in [0.29, 0.717) is 0 Å². The van der Waals surface area contributed by atoms with Gasteiger partial charge < -0.3 is 9.80 Å². The fourth-order valence-corrected chi connectivity index (χ4v) is 3.68. The zero-order valence-electron chi connectivity index (χ0n) is 10.9. The molecular weight excluding hydrogens is 312 g/mol. The predicted molar refractivity (Wildman–Crippen MR) is 79.4 cm³/mol. The molecule has 3 nitrogen and oxygen atoms in total. The highest BCUT2D eigenvalue weighted by atomic mass is 79.9. The van der Waals surface area contributed by atoms with E-state index >= 15 is 0 Å². The molecule has 100 valence electrons. The van der Waals surface area contributed by atoms with Gasteiger partial charge >= 0.3 is 0 Å². The van der Waals surface area contributed by atoms with Gasteiger partial charge in [0.2, 0.25) is 0 Å². The van der Waals surface area contributed by atoms with Crippen molar-refractivity contribution < 1.29 is 4.79 Å². The van der Waals surface area contributed by atoms with Crippen LogP contribution in [0.15, 0.2) is 9.85 Å². The Bertz CT molecular complexity index is 407. The molecule has 1 aromatic heterocycles. The number of hydrogen-bond donors (Lipinski definition) is 0. The van der Waals surface area contributed by atoms with Crippen LogP contribution >= 0.6 is 27.3 Å². The van der Waals surface area contributed by atoms with Gasteiger partial charge in [0.25, 0.3) is 5.91 Å². The maximum atomic E-state index is 12.2. The van der Waals surface area contributed by atoms with E-state index in [2.05, 4.69) is 20.8 Å². The maximum absolute atomic E-state index is 12.2. The first kappa shape index (κ1) is 14.0. The maximum Gasteiger partial charge on any atom is 0.263 e. The van der Waals surface area contributed by atoms with E-state index in [1.54, 1.807) is 0 Å². The molecule has 0 radical (unpaired) electrons. The lowest BCUT2D eigenvalue weighted by molar-refractivity contribution is 0.0787. The second-order valence-corrected chi connectivity index (χ2v) is 7.21. The van der Waals surface area contributed by atoms with Crippen molar-refractivity contribution in [2.24, 2.45) is 0 Å². The molecule has 0 bridgehead atoms. The lowest BCUT2D eigenvalue weighted by atomic mass is 10.3. The summed E-state index contributed by atoms with van der Waals surface area (Å²) in [5.74, 6) is 0.132. The highest BCUT2D eigenvalue weighted by Crippen LogP contribution is 2.28. The van der Waals surface area contributed by atoms with Crippen molar-refractivity contribution in [2.45, 2.75) is 19.8 Å². The van der Waals surface area contributed by atoms with Gasteiger partial charge in [-0.15, -0.1) is 11.3 Å². The van der Waals surface area contributed by atoms with E-state index in [-0.39, 0.29) is 5.91 Å². The molecule has 18 heavy (non-hydrogen) atoms. The Morgan fingerprint density at radius 3 is 2.72 bits per heavy atom. The summed E-state index contributed by atoms with van der Waals surface area (Å²) in [4.78, 5) is 17.3. The Morgan fingerprint density at radius 1 is 1.50 bits per heavy atom. The Labute approximate surface area is 121 Å². The standard InChI is InChI=1S/C13H19BrN2OS/c1-10-9-11(18-12(10)14)13(17)15(2)7-8-16-5-3-4-6-16/h9H,3-8H2,1-2H3. The summed E-state index contributed by atoms with van der Waals surface area (Å²) < 4.78 is 1.05. The minimum Gasteiger partial charge on any atom is -0.340 e. The summed E-state index contributed by atoms with van der Waals surface area (Å²) in [5.41, 5.74) is 1.14. The van der Waals surface area contributed by atoms with Crippen LogP contribution in [0.3, 0.4) is 0 Å². The third-order valence-electron chi connectivity index (χ3n) is 3.37.